The molecule has 0 saturated carbocycles. The van der Waals surface area contributed by atoms with E-state index in [4.69, 9.17) is 0 Å². The van der Waals surface area contributed by atoms with Crippen molar-refractivity contribution in [1.82, 2.24) is 0 Å². The van der Waals surface area contributed by atoms with E-state index in [1.807, 2.05) is 19.9 Å². The van der Waals surface area contributed by atoms with Crippen molar-refractivity contribution >= 4 is 15.7 Å². The fourth-order valence-electron chi connectivity index (χ4n) is 2.05. The molecule has 1 unspecified atom stereocenters. The number of aryl methyl sites for hydroxylation is 1. The number of benzene rings is 2. The molecule has 2 N–H and O–H groups in total. The summed E-state index contributed by atoms with van der Waals surface area (Å²) in [5.41, 5.74) is 2.10. The Morgan fingerprint density at radius 3 is 2.52 bits per heavy atom. The molecule has 0 fully saturated rings. The van der Waals surface area contributed by atoms with Crippen LogP contribution in [0, 0.1) is 6.92 Å². The molecule has 2 aromatic carbocycles. The van der Waals surface area contributed by atoms with Crippen LogP contribution in [0.1, 0.15) is 30.6 Å². The zero-order chi connectivity index (χ0) is 15.5. The molecule has 0 radical (unpaired) electrons. The monoisotopic (exact) mass is 305 g/mol. The lowest BCUT2D eigenvalue weighted by atomic mass is 10.1. The fourth-order valence-corrected chi connectivity index (χ4v) is 3.15. The Morgan fingerprint density at radius 1 is 1.14 bits per heavy atom. The first-order valence-corrected chi connectivity index (χ1v) is 8.28. The molecule has 0 saturated heterocycles. The predicted molar refractivity (Wildman–Crippen MR) is 83.7 cm³/mol. The molecule has 0 spiro atoms. The summed E-state index contributed by atoms with van der Waals surface area (Å²) in [6.45, 7) is 3.74. The predicted octanol–water partition coefficient (Wildman–Crippen LogP) is 3.24. The lowest BCUT2D eigenvalue weighted by Gasteiger charge is -2.12. The first-order chi connectivity index (χ1) is 9.92. The maximum Gasteiger partial charge on any atom is 0.261 e. The zero-order valence-corrected chi connectivity index (χ0v) is 12.9. The van der Waals surface area contributed by atoms with Crippen LogP contribution in [0.3, 0.4) is 0 Å². The van der Waals surface area contributed by atoms with Gasteiger partial charge >= 0.3 is 0 Å². The highest BCUT2D eigenvalue weighted by Crippen LogP contribution is 2.22. The molecule has 0 aliphatic heterocycles. The third-order valence-electron chi connectivity index (χ3n) is 3.21. The average molecular weight is 305 g/mol. The second-order valence-corrected chi connectivity index (χ2v) is 6.65. The van der Waals surface area contributed by atoms with Crippen molar-refractivity contribution in [3.8, 4) is 0 Å². The summed E-state index contributed by atoms with van der Waals surface area (Å²) in [5.74, 6) is 0. The summed E-state index contributed by atoms with van der Waals surface area (Å²) in [6.07, 6.45) is -0.117. The highest BCUT2D eigenvalue weighted by atomic mass is 32.2. The molecule has 0 aliphatic carbocycles. The summed E-state index contributed by atoms with van der Waals surface area (Å²) in [5, 5.41) is 9.83. The van der Waals surface area contributed by atoms with Crippen LogP contribution in [0.15, 0.2) is 53.4 Å². The van der Waals surface area contributed by atoms with Crippen molar-refractivity contribution in [2.75, 3.05) is 4.72 Å². The van der Waals surface area contributed by atoms with E-state index in [1.165, 1.54) is 12.1 Å². The van der Waals surface area contributed by atoms with Gasteiger partial charge in [-0.25, -0.2) is 8.42 Å². The molecule has 2 rings (SSSR count). The second kappa shape index (κ2) is 6.28. The molecular weight excluding hydrogens is 286 g/mol. The van der Waals surface area contributed by atoms with Crippen molar-refractivity contribution in [3.63, 3.8) is 0 Å². The molecule has 21 heavy (non-hydrogen) atoms. The van der Waals surface area contributed by atoms with Crippen LogP contribution in [0.4, 0.5) is 5.69 Å². The number of hydrogen-bond acceptors (Lipinski definition) is 3. The Kier molecular flexibility index (Phi) is 4.65. The van der Waals surface area contributed by atoms with E-state index < -0.39 is 16.1 Å². The van der Waals surface area contributed by atoms with Gasteiger partial charge in [-0.05, 0) is 48.7 Å². The smallest absolute Gasteiger partial charge is 0.261 e. The summed E-state index contributed by atoms with van der Waals surface area (Å²) >= 11 is 0. The maximum atomic E-state index is 12.4. The van der Waals surface area contributed by atoms with Gasteiger partial charge < -0.3 is 5.11 Å². The van der Waals surface area contributed by atoms with Gasteiger partial charge in [0.25, 0.3) is 10.0 Å². The number of sulfonamides is 1. The van der Waals surface area contributed by atoms with Crippen LogP contribution < -0.4 is 4.72 Å². The molecule has 0 aliphatic rings. The third-order valence-corrected chi connectivity index (χ3v) is 4.59. The molecular formula is C16H19NO3S. The van der Waals surface area contributed by atoms with Gasteiger partial charge in [0.15, 0.2) is 0 Å². The quantitative estimate of drug-likeness (QED) is 0.891. The van der Waals surface area contributed by atoms with Gasteiger partial charge in [0.2, 0.25) is 0 Å². The Bertz CT molecular complexity index is 726. The van der Waals surface area contributed by atoms with Crippen molar-refractivity contribution in [2.24, 2.45) is 0 Å². The molecule has 0 bridgehead atoms. The highest BCUT2D eigenvalue weighted by Gasteiger charge is 2.16. The molecule has 0 aromatic heterocycles. The van der Waals surface area contributed by atoms with E-state index in [2.05, 4.69) is 4.72 Å². The number of aliphatic hydroxyl groups is 1. The largest absolute Gasteiger partial charge is 0.388 e. The topological polar surface area (TPSA) is 66.4 Å². The Hall–Kier alpha value is -1.85. The van der Waals surface area contributed by atoms with Crippen LogP contribution in [0.5, 0.6) is 0 Å². The van der Waals surface area contributed by atoms with E-state index in [-0.39, 0.29) is 4.90 Å². The van der Waals surface area contributed by atoms with Gasteiger partial charge in [0, 0.05) is 5.69 Å². The molecule has 2 aromatic rings. The van der Waals surface area contributed by atoms with E-state index in [0.717, 1.165) is 5.56 Å². The van der Waals surface area contributed by atoms with E-state index >= 15 is 0 Å². The number of aliphatic hydroxyl groups excluding tert-OH is 1. The molecule has 0 amide bonds. The van der Waals surface area contributed by atoms with Gasteiger partial charge in [0.05, 0.1) is 11.0 Å². The average Bonchev–Trinajstić information content (AvgIpc) is 2.46. The van der Waals surface area contributed by atoms with Crippen LogP contribution in [0.25, 0.3) is 0 Å². The van der Waals surface area contributed by atoms with Crippen LogP contribution in [0.2, 0.25) is 0 Å². The van der Waals surface area contributed by atoms with Gasteiger partial charge in [-0.3, -0.25) is 4.72 Å². The Morgan fingerprint density at radius 2 is 1.86 bits per heavy atom. The van der Waals surface area contributed by atoms with Crippen LogP contribution in [-0.4, -0.2) is 13.5 Å². The number of nitrogens with one attached hydrogen (secondary N) is 1. The second-order valence-electron chi connectivity index (χ2n) is 4.97. The molecule has 5 heteroatoms. The Labute approximate surface area is 125 Å². The van der Waals surface area contributed by atoms with Crippen molar-refractivity contribution in [3.05, 3.63) is 59.7 Å². The van der Waals surface area contributed by atoms with Crippen molar-refractivity contribution in [1.29, 1.82) is 0 Å². The minimum atomic E-state index is -3.66. The first-order valence-electron chi connectivity index (χ1n) is 6.80. The zero-order valence-electron chi connectivity index (χ0n) is 12.1. The minimum Gasteiger partial charge on any atom is -0.388 e. The minimum absolute atomic E-state index is 0.147. The standard InChI is InChI=1S/C16H19NO3S/c1-3-16(18)13-7-5-9-15(11-13)21(19,20)17-14-8-4-6-12(2)10-14/h4-11,16-18H,3H2,1-2H3. The summed E-state index contributed by atoms with van der Waals surface area (Å²) in [7, 11) is -3.66. The van der Waals surface area contributed by atoms with E-state index in [9.17, 15) is 13.5 Å². The van der Waals surface area contributed by atoms with E-state index in [0.29, 0.717) is 17.7 Å². The van der Waals surface area contributed by atoms with Crippen LogP contribution in [-0.2, 0) is 10.0 Å². The van der Waals surface area contributed by atoms with Crippen molar-refractivity contribution in [2.45, 2.75) is 31.3 Å². The first kappa shape index (κ1) is 15.5. The van der Waals surface area contributed by atoms with Crippen molar-refractivity contribution < 1.29 is 13.5 Å². The fraction of sp³-hybridized carbons (Fsp3) is 0.250. The van der Waals surface area contributed by atoms with Crippen LogP contribution >= 0.6 is 0 Å². The molecule has 0 heterocycles. The third kappa shape index (κ3) is 3.83. The van der Waals surface area contributed by atoms with E-state index in [1.54, 1.807) is 30.3 Å². The maximum absolute atomic E-state index is 12.4. The summed E-state index contributed by atoms with van der Waals surface area (Å²) < 4.78 is 27.3. The number of rotatable bonds is 5. The Balaban J connectivity index is 2.31. The van der Waals surface area contributed by atoms with Gasteiger partial charge in [-0.15, -0.1) is 0 Å². The lowest BCUT2D eigenvalue weighted by molar-refractivity contribution is 0.173. The number of hydrogen-bond donors (Lipinski definition) is 2. The SMILES string of the molecule is CCC(O)c1cccc(S(=O)(=O)Nc2cccc(C)c2)c1. The molecule has 1 atom stereocenters. The summed E-state index contributed by atoms with van der Waals surface area (Å²) in [4.78, 5) is 0.147. The lowest BCUT2D eigenvalue weighted by Crippen LogP contribution is -2.13. The highest BCUT2D eigenvalue weighted by molar-refractivity contribution is 7.92. The molecule has 4 nitrogen and oxygen atoms in total. The normalized spacial score (nSPS) is 12.9. The van der Waals surface area contributed by atoms with Gasteiger partial charge in [-0.1, -0.05) is 31.2 Å². The van der Waals surface area contributed by atoms with Gasteiger partial charge in [-0.2, -0.15) is 0 Å². The molecule has 112 valence electrons. The van der Waals surface area contributed by atoms with Gasteiger partial charge in [0.1, 0.15) is 0 Å². The number of anilines is 1. The summed E-state index contributed by atoms with van der Waals surface area (Å²) in [6, 6.07) is 13.5.